The van der Waals surface area contributed by atoms with Gasteiger partial charge in [-0.25, -0.2) is 9.80 Å². The van der Waals surface area contributed by atoms with E-state index in [9.17, 15) is 9.59 Å². The Hall–Kier alpha value is -2.75. The number of urea groups is 1. The van der Waals surface area contributed by atoms with Gasteiger partial charge in [-0.15, -0.1) is 11.3 Å². The molecule has 1 atom stereocenters. The summed E-state index contributed by atoms with van der Waals surface area (Å²) < 4.78 is 5.43. The van der Waals surface area contributed by atoms with Gasteiger partial charge in [-0.1, -0.05) is 42.8 Å². The van der Waals surface area contributed by atoms with Gasteiger partial charge in [0, 0.05) is 39.1 Å². The van der Waals surface area contributed by atoms with Crippen molar-refractivity contribution in [1.82, 2.24) is 20.1 Å². The Morgan fingerprint density at radius 3 is 2.66 bits per heavy atom. The second kappa shape index (κ2) is 12.3. The molecule has 3 heterocycles. The predicted octanol–water partition coefficient (Wildman–Crippen LogP) is 3.49. The fourth-order valence-corrected chi connectivity index (χ4v) is 5.02. The number of carbonyl (C=O) groups is 2. The van der Waals surface area contributed by atoms with Gasteiger partial charge in [0.1, 0.15) is 6.54 Å². The van der Waals surface area contributed by atoms with Crippen molar-refractivity contribution >= 4 is 29.0 Å². The van der Waals surface area contributed by atoms with Gasteiger partial charge in [-0.2, -0.15) is 5.10 Å². The van der Waals surface area contributed by atoms with Gasteiger partial charge < -0.3 is 15.0 Å². The van der Waals surface area contributed by atoms with Gasteiger partial charge in [0.15, 0.2) is 0 Å². The summed E-state index contributed by atoms with van der Waals surface area (Å²) in [5.41, 5.74) is 3.13. The van der Waals surface area contributed by atoms with Crippen LogP contribution in [-0.2, 0) is 9.53 Å². The van der Waals surface area contributed by atoms with Crippen molar-refractivity contribution in [3.8, 4) is 0 Å². The second-order valence-electron chi connectivity index (χ2n) is 9.00. The van der Waals surface area contributed by atoms with Crippen LogP contribution < -0.4 is 5.32 Å². The molecule has 188 valence electrons. The Morgan fingerprint density at radius 2 is 1.97 bits per heavy atom. The van der Waals surface area contributed by atoms with Crippen LogP contribution in [0.5, 0.6) is 0 Å². The number of thiophene rings is 1. The number of morpholine rings is 1. The Bertz CT molecular complexity index is 1000. The number of benzene rings is 1. The maximum atomic E-state index is 13.6. The minimum Gasteiger partial charge on any atom is -0.379 e. The number of nitrogens with one attached hydrogen (secondary N) is 1. The third kappa shape index (κ3) is 6.68. The lowest BCUT2D eigenvalue weighted by molar-refractivity contribution is -0.133. The predicted molar refractivity (Wildman–Crippen MR) is 139 cm³/mol. The summed E-state index contributed by atoms with van der Waals surface area (Å²) in [7, 11) is 0. The molecule has 0 aliphatic carbocycles. The largest absolute Gasteiger partial charge is 0.379 e. The normalized spacial score (nSPS) is 18.4. The van der Waals surface area contributed by atoms with Crippen molar-refractivity contribution in [1.29, 1.82) is 0 Å². The highest BCUT2D eigenvalue weighted by Crippen LogP contribution is 2.34. The summed E-state index contributed by atoms with van der Waals surface area (Å²) in [5, 5.41) is 11.3. The van der Waals surface area contributed by atoms with Crippen molar-refractivity contribution in [2.45, 2.75) is 32.7 Å². The number of hydrogen-bond acceptors (Lipinski definition) is 6. The number of carbonyl (C=O) groups excluding carboxylic acids is 2. The van der Waals surface area contributed by atoms with Crippen LogP contribution in [0.25, 0.3) is 0 Å². The first-order valence-corrected chi connectivity index (χ1v) is 13.3. The Morgan fingerprint density at radius 1 is 1.20 bits per heavy atom. The highest BCUT2D eigenvalue weighted by atomic mass is 32.1. The average molecular weight is 498 g/mol. The molecule has 0 radical (unpaired) electrons. The molecule has 2 aliphatic heterocycles. The topological polar surface area (TPSA) is 77.5 Å². The zero-order chi connectivity index (χ0) is 24.6. The summed E-state index contributed by atoms with van der Waals surface area (Å²) in [4.78, 5) is 31.5. The Balaban J connectivity index is 1.51. The van der Waals surface area contributed by atoms with Crippen LogP contribution in [0, 0.1) is 6.92 Å². The summed E-state index contributed by atoms with van der Waals surface area (Å²) in [6, 6.07) is 11.9. The number of amides is 3. The molecule has 0 spiro atoms. The van der Waals surface area contributed by atoms with Crippen molar-refractivity contribution in [2.24, 2.45) is 5.10 Å². The minimum absolute atomic E-state index is 0.0104. The lowest BCUT2D eigenvalue weighted by Crippen LogP contribution is -2.49. The van der Waals surface area contributed by atoms with E-state index in [4.69, 9.17) is 9.84 Å². The second-order valence-corrected chi connectivity index (χ2v) is 9.95. The lowest BCUT2D eigenvalue weighted by atomic mass is 10.00. The molecule has 1 N–H and O–H groups in total. The van der Waals surface area contributed by atoms with E-state index in [0.717, 1.165) is 35.7 Å². The van der Waals surface area contributed by atoms with Gasteiger partial charge in [0.05, 0.1) is 29.8 Å². The van der Waals surface area contributed by atoms with E-state index in [1.54, 1.807) is 21.2 Å². The first kappa shape index (κ1) is 25.3. The molecule has 1 aromatic heterocycles. The molecule has 1 saturated heterocycles. The van der Waals surface area contributed by atoms with E-state index < -0.39 is 0 Å². The molecule has 3 amide bonds. The number of rotatable bonds is 9. The quantitative estimate of drug-likeness (QED) is 0.575. The summed E-state index contributed by atoms with van der Waals surface area (Å²) in [6.45, 7) is 8.91. The van der Waals surface area contributed by atoms with Crippen LogP contribution in [-0.4, -0.2) is 84.9 Å². The summed E-state index contributed by atoms with van der Waals surface area (Å²) in [5.74, 6) is -0.171. The van der Waals surface area contributed by atoms with Crippen molar-refractivity contribution < 1.29 is 14.3 Å². The fourth-order valence-electron chi connectivity index (χ4n) is 4.30. The van der Waals surface area contributed by atoms with E-state index in [1.165, 1.54) is 5.56 Å². The zero-order valence-electron chi connectivity index (χ0n) is 20.6. The fraction of sp³-hybridized carbons (Fsp3) is 0.500. The van der Waals surface area contributed by atoms with E-state index in [0.29, 0.717) is 39.3 Å². The highest BCUT2D eigenvalue weighted by Gasteiger charge is 2.34. The molecule has 1 aromatic carbocycles. The highest BCUT2D eigenvalue weighted by molar-refractivity contribution is 7.12. The van der Waals surface area contributed by atoms with Gasteiger partial charge >= 0.3 is 6.03 Å². The summed E-state index contributed by atoms with van der Waals surface area (Å²) in [6.07, 6.45) is 1.50. The van der Waals surface area contributed by atoms with Crippen LogP contribution in [0.1, 0.15) is 41.8 Å². The van der Waals surface area contributed by atoms with Crippen LogP contribution >= 0.6 is 11.3 Å². The number of ether oxygens (including phenoxy) is 1. The average Bonchev–Trinajstić information content (AvgIpc) is 3.56. The molecule has 35 heavy (non-hydrogen) atoms. The molecule has 9 heteroatoms. The van der Waals surface area contributed by atoms with E-state index in [2.05, 4.69) is 41.4 Å². The van der Waals surface area contributed by atoms with Crippen LogP contribution in [0.4, 0.5) is 4.79 Å². The Labute approximate surface area is 211 Å². The molecule has 2 aromatic rings. The number of hydrazone groups is 1. The maximum Gasteiger partial charge on any atom is 0.317 e. The van der Waals surface area contributed by atoms with Crippen molar-refractivity contribution in [3.63, 3.8) is 0 Å². The van der Waals surface area contributed by atoms with Gasteiger partial charge in [-0.3, -0.25) is 9.69 Å². The first-order chi connectivity index (χ1) is 17.0. The number of nitrogens with zero attached hydrogens (tertiary/aromatic N) is 4. The molecule has 1 unspecified atom stereocenters. The minimum atomic E-state index is -0.206. The van der Waals surface area contributed by atoms with Gasteiger partial charge in [0.2, 0.25) is 0 Å². The van der Waals surface area contributed by atoms with Crippen LogP contribution in [0.3, 0.4) is 0 Å². The maximum absolute atomic E-state index is 13.6. The standard InChI is InChI=1S/C26H35N5O3S/c1-3-10-27-26(33)30(12-11-29-13-15-34-16-14-29)19-25(32)31-23(21-8-6-20(2)7-9-21)18-22(28-31)24-5-4-17-35-24/h4-9,17,23H,3,10-16,18-19H2,1-2H3,(H,27,33). The first-order valence-electron chi connectivity index (χ1n) is 12.4. The molecular weight excluding hydrogens is 462 g/mol. The molecular formula is C26H35N5O3S. The number of aryl methyl sites for hydroxylation is 1. The van der Waals surface area contributed by atoms with Crippen LogP contribution in [0.15, 0.2) is 46.9 Å². The lowest BCUT2D eigenvalue weighted by Gasteiger charge is -2.31. The van der Waals surface area contributed by atoms with E-state index >= 15 is 0 Å². The molecule has 8 nitrogen and oxygen atoms in total. The third-order valence-electron chi connectivity index (χ3n) is 6.36. The van der Waals surface area contributed by atoms with Gasteiger partial charge in [0.25, 0.3) is 5.91 Å². The smallest absolute Gasteiger partial charge is 0.317 e. The number of hydrogen-bond donors (Lipinski definition) is 1. The molecule has 0 bridgehead atoms. The molecule has 1 fully saturated rings. The van der Waals surface area contributed by atoms with Crippen LogP contribution in [0.2, 0.25) is 0 Å². The zero-order valence-corrected chi connectivity index (χ0v) is 21.4. The molecule has 4 rings (SSSR count). The molecule has 0 saturated carbocycles. The Kier molecular flexibility index (Phi) is 8.90. The summed E-state index contributed by atoms with van der Waals surface area (Å²) >= 11 is 1.63. The van der Waals surface area contributed by atoms with Crippen molar-refractivity contribution in [2.75, 3.05) is 52.5 Å². The SMILES string of the molecule is CCCNC(=O)N(CCN1CCOCC1)CC(=O)N1N=C(c2cccs2)CC1c1ccc(C)cc1. The monoisotopic (exact) mass is 497 g/mol. The third-order valence-corrected chi connectivity index (χ3v) is 7.28. The van der Waals surface area contributed by atoms with Gasteiger partial charge in [-0.05, 0) is 30.4 Å². The van der Waals surface area contributed by atoms with Crippen molar-refractivity contribution in [3.05, 3.63) is 57.8 Å². The van der Waals surface area contributed by atoms with E-state index in [-0.39, 0.29) is 24.5 Å². The molecule has 2 aliphatic rings. The van der Waals surface area contributed by atoms with E-state index in [1.807, 2.05) is 24.4 Å².